The number of hydrogen-bond acceptors (Lipinski definition) is 2. The third kappa shape index (κ3) is 2.65. The Morgan fingerprint density at radius 2 is 1.95 bits per heavy atom. The Kier molecular flexibility index (Phi) is 4.06. The van der Waals surface area contributed by atoms with Gasteiger partial charge in [-0.1, -0.05) is 11.6 Å². The summed E-state index contributed by atoms with van der Waals surface area (Å²) in [5.41, 5.74) is 1.31. The van der Waals surface area contributed by atoms with Gasteiger partial charge in [0.2, 0.25) is 0 Å². The maximum atomic E-state index is 6.06. The van der Waals surface area contributed by atoms with Crippen molar-refractivity contribution in [3.63, 3.8) is 0 Å². The summed E-state index contributed by atoms with van der Waals surface area (Å²) in [6, 6.07) is 8.19. The van der Waals surface area contributed by atoms with Crippen LogP contribution in [0.2, 0.25) is 5.02 Å². The molecule has 2 aliphatic rings. The minimum Gasteiger partial charge on any atom is -0.365 e. The summed E-state index contributed by atoms with van der Waals surface area (Å²) in [6.45, 7) is 0. The van der Waals surface area contributed by atoms with E-state index in [1.54, 1.807) is 0 Å². The molecular weight excluding hydrogens is 324 g/mol. The van der Waals surface area contributed by atoms with Gasteiger partial charge in [-0.3, -0.25) is 0 Å². The Balaban J connectivity index is 1.91. The average molecular weight is 344 g/mol. The van der Waals surface area contributed by atoms with Crippen LogP contribution in [-0.2, 0) is 0 Å². The third-order valence-electron chi connectivity index (χ3n) is 4.57. The van der Waals surface area contributed by atoms with E-state index < -0.39 is 0 Å². The summed E-state index contributed by atoms with van der Waals surface area (Å²) in [6.07, 6.45) is 6.49. The van der Waals surface area contributed by atoms with E-state index in [0.29, 0.717) is 18.1 Å². The van der Waals surface area contributed by atoms with Crippen molar-refractivity contribution in [1.29, 1.82) is 0 Å². The molecule has 0 amide bonds. The second-order valence-corrected chi connectivity index (χ2v) is 6.99. The quantitative estimate of drug-likeness (QED) is 0.865. The molecule has 0 radical (unpaired) electrons. The average Bonchev–Trinajstić information content (AvgIpc) is 2.37. The SMILES string of the molecule is CNC1CC2CCCC(C1)N2c1ccc(Cl)cc1Br. The first-order chi connectivity index (χ1) is 9.19. The van der Waals surface area contributed by atoms with E-state index in [0.717, 1.165) is 9.50 Å². The predicted octanol–water partition coefficient (Wildman–Crippen LogP) is 4.21. The zero-order chi connectivity index (χ0) is 13.4. The third-order valence-corrected chi connectivity index (χ3v) is 5.44. The van der Waals surface area contributed by atoms with Gasteiger partial charge in [-0.2, -0.15) is 0 Å². The lowest BCUT2D eigenvalue weighted by Gasteiger charge is -2.50. The van der Waals surface area contributed by atoms with Crippen molar-refractivity contribution in [2.75, 3.05) is 11.9 Å². The zero-order valence-corrected chi connectivity index (χ0v) is 13.5. The number of benzene rings is 1. The molecule has 2 unspecified atom stereocenters. The van der Waals surface area contributed by atoms with E-state index in [2.05, 4.69) is 39.3 Å². The molecule has 104 valence electrons. The fraction of sp³-hybridized carbons (Fsp3) is 0.600. The van der Waals surface area contributed by atoms with Gasteiger partial charge in [0.1, 0.15) is 0 Å². The maximum absolute atomic E-state index is 6.06. The molecule has 4 heteroatoms. The van der Waals surface area contributed by atoms with Gasteiger partial charge >= 0.3 is 0 Å². The molecule has 1 aromatic carbocycles. The number of nitrogens with one attached hydrogen (secondary N) is 1. The molecule has 2 aliphatic heterocycles. The highest BCUT2D eigenvalue weighted by Crippen LogP contribution is 2.41. The number of nitrogens with zero attached hydrogens (tertiary/aromatic N) is 1. The molecule has 2 saturated heterocycles. The molecule has 2 heterocycles. The van der Waals surface area contributed by atoms with Gasteiger partial charge in [0.05, 0.1) is 5.69 Å². The van der Waals surface area contributed by atoms with Crippen LogP contribution in [0.3, 0.4) is 0 Å². The molecule has 0 saturated carbocycles. The van der Waals surface area contributed by atoms with Crippen molar-refractivity contribution in [3.8, 4) is 0 Å². The summed E-state index contributed by atoms with van der Waals surface area (Å²) in [7, 11) is 2.09. The number of rotatable bonds is 2. The van der Waals surface area contributed by atoms with Crippen LogP contribution < -0.4 is 10.2 Å². The highest BCUT2D eigenvalue weighted by atomic mass is 79.9. The number of halogens is 2. The van der Waals surface area contributed by atoms with Crippen molar-refractivity contribution in [2.45, 2.75) is 50.2 Å². The minimum absolute atomic E-state index is 0.669. The first-order valence-corrected chi connectivity index (χ1v) is 8.27. The number of anilines is 1. The number of fused-ring (bicyclic) bond motifs is 2. The van der Waals surface area contributed by atoms with Gasteiger partial charge in [-0.15, -0.1) is 0 Å². The Bertz CT molecular complexity index is 451. The van der Waals surface area contributed by atoms with Crippen molar-refractivity contribution in [1.82, 2.24) is 5.32 Å². The van der Waals surface area contributed by atoms with Gasteiger partial charge in [0, 0.05) is 27.6 Å². The van der Waals surface area contributed by atoms with Crippen LogP contribution in [0.4, 0.5) is 5.69 Å². The fourth-order valence-electron chi connectivity index (χ4n) is 3.70. The van der Waals surface area contributed by atoms with Crippen molar-refractivity contribution in [3.05, 3.63) is 27.7 Å². The molecule has 2 nitrogen and oxygen atoms in total. The highest BCUT2D eigenvalue weighted by molar-refractivity contribution is 9.10. The molecule has 0 aliphatic carbocycles. The van der Waals surface area contributed by atoms with Gasteiger partial charge in [-0.25, -0.2) is 0 Å². The van der Waals surface area contributed by atoms with Crippen LogP contribution in [0.1, 0.15) is 32.1 Å². The summed E-state index contributed by atoms with van der Waals surface area (Å²) in [4.78, 5) is 2.64. The fourth-order valence-corrected chi connectivity index (χ4v) is 4.59. The lowest BCUT2D eigenvalue weighted by molar-refractivity contribution is 0.252. The van der Waals surface area contributed by atoms with Gasteiger partial charge < -0.3 is 10.2 Å². The highest BCUT2D eigenvalue weighted by Gasteiger charge is 2.38. The van der Waals surface area contributed by atoms with Crippen LogP contribution in [0.15, 0.2) is 22.7 Å². The standard InChI is InChI=1S/C15H20BrClN2/c1-18-11-8-12-3-2-4-13(9-11)19(12)15-6-5-10(17)7-14(15)16/h5-7,11-13,18H,2-4,8-9H2,1H3. The predicted molar refractivity (Wildman–Crippen MR) is 85.1 cm³/mol. The molecule has 2 fully saturated rings. The smallest absolute Gasteiger partial charge is 0.0516 e. The van der Waals surface area contributed by atoms with E-state index in [1.165, 1.54) is 37.8 Å². The largest absolute Gasteiger partial charge is 0.365 e. The molecule has 2 atom stereocenters. The Labute approximate surface area is 128 Å². The van der Waals surface area contributed by atoms with Crippen LogP contribution in [0.5, 0.6) is 0 Å². The molecule has 3 rings (SSSR count). The summed E-state index contributed by atoms with van der Waals surface area (Å²) >= 11 is 9.74. The van der Waals surface area contributed by atoms with Crippen molar-refractivity contribution < 1.29 is 0 Å². The zero-order valence-electron chi connectivity index (χ0n) is 11.2. The van der Waals surface area contributed by atoms with Crippen LogP contribution in [0.25, 0.3) is 0 Å². The van der Waals surface area contributed by atoms with Crippen molar-refractivity contribution >= 4 is 33.2 Å². The summed E-state index contributed by atoms with van der Waals surface area (Å²) in [5.74, 6) is 0. The summed E-state index contributed by atoms with van der Waals surface area (Å²) < 4.78 is 1.12. The van der Waals surface area contributed by atoms with E-state index in [9.17, 15) is 0 Å². The van der Waals surface area contributed by atoms with Crippen LogP contribution in [-0.4, -0.2) is 25.2 Å². The molecule has 0 aromatic heterocycles. The first-order valence-electron chi connectivity index (χ1n) is 7.09. The Hall–Kier alpha value is -0.250. The van der Waals surface area contributed by atoms with Gasteiger partial charge in [0.15, 0.2) is 0 Å². The molecule has 19 heavy (non-hydrogen) atoms. The molecule has 0 spiro atoms. The summed E-state index contributed by atoms with van der Waals surface area (Å²) in [5, 5.41) is 4.27. The van der Waals surface area contributed by atoms with Gasteiger partial charge in [-0.05, 0) is 73.3 Å². The second-order valence-electron chi connectivity index (χ2n) is 5.70. The van der Waals surface area contributed by atoms with E-state index in [1.807, 2.05) is 12.1 Å². The van der Waals surface area contributed by atoms with Crippen LogP contribution in [0, 0.1) is 0 Å². The first kappa shape index (κ1) is 13.7. The number of hydrogen-bond donors (Lipinski definition) is 1. The molecular formula is C15H20BrClN2. The lowest BCUT2D eigenvalue weighted by Crippen LogP contribution is -2.56. The Morgan fingerprint density at radius 3 is 2.53 bits per heavy atom. The molecule has 1 N–H and O–H groups in total. The van der Waals surface area contributed by atoms with E-state index in [-0.39, 0.29) is 0 Å². The van der Waals surface area contributed by atoms with Gasteiger partial charge in [0.25, 0.3) is 0 Å². The maximum Gasteiger partial charge on any atom is 0.0516 e. The normalized spacial score (nSPS) is 30.5. The Morgan fingerprint density at radius 1 is 1.26 bits per heavy atom. The lowest BCUT2D eigenvalue weighted by atomic mass is 9.81. The minimum atomic E-state index is 0.669. The monoisotopic (exact) mass is 342 g/mol. The topological polar surface area (TPSA) is 15.3 Å². The second kappa shape index (κ2) is 5.63. The van der Waals surface area contributed by atoms with E-state index >= 15 is 0 Å². The number of piperidine rings is 2. The molecule has 1 aromatic rings. The van der Waals surface area contributed by atoms with E-state index in [4.69, 9.17) is 11.6 Å². The van der Waals surface area contributed by atoms with Crippen molar-refractivity contribution in [2.24, 2.45) is 0 Å². The van der Waals surface area contributed by atoms with Crippen LogP contribution >= 0.6 is 27.5 Å². The molecule has 2 bridgehead atoms.